The van der Waals surface area contributed by atoms with Crippen molar-refractivity contribution in [3.63, 3.8) is 0 Å². The summed E-state index contributed by atoms with van der Waals surface area (Å²) in [4.78, 5) is 4.45. The molecule has 128 valence electrons. The third-order valence-corrected chi connectivity index (χ3v) is 4.31. The second-order valence-corrected chi connectivity index (χ2v) is 6.28. The van der Waals surface area contributed by atoms with Crippen molar-refractivity contribution in [3.05, 3.63) is 59.3 Å². The summed E-state index contributed by atoms with van der Waals surface area (Å²) >= 11 is 0. The van der Waals surface area contributed by atoms with Gasteiger partial charge >= 0.3 is 0 Å². The number of hydrogen-bond acceptors (Lipinski definition) is 3. The van der Waals surface area contributed by atoms with Crippen LogP contribution in [0.15, 0.2) is 42.6 Å². The molecule has 2 aromatic rings. The van der Waals surface area contributed by atoms with E-state index in [1.165, 1.54) is 32.1 Å². The minimum atomic E-state index is 0.534. The van der Waals surface area contributed by atoms with Gasteiger partial charge in [0, 0.05) is 23.9 Å². The molecule has 0 aliphatic carbocycles. The predicted octanol–water partition coefficient (Wildman–Crippen LogP) is 5.58. The summed E-state index contributed by atoms with van der Waals surface area (Å²) in [5.41, 5.74) is 3.49. The number of nitrogens with one attached hydrogen (secondary N) is 2. The monoisotopic (exact) mass is 323 g/mol. The van der Waals surface area contributed by atoms with E-state index < -0.39 is 0 Å². The Balaban J connectivity index is 1.95. The number of unbranched alkanes of at least 4 members (excludes halogenated alkanes) is 5. The number of rotatable bonds is 10. The van der Waals surface area contributed by atoms with Gasteiger partial charge in [0.05, 0.1) is 5.71 Å². The summed E-state index contributed by atoms with van der Waals surface area (Å²) in [7, 11) is 0. The zero-order chi connectivity index (χ0) is 17.2. The van der Waals surface area contributed by atoms with E-state index in [9.17, 15) is 0 Å². The quantitative estimate of drug-likeness (QED) is 0.443. The molecule has 0 amide bonds. The summed E-state index contributed by atoms with van der Waals surface area (Å²) in [5, 5.41) is 12.0. The van der Waals surface area contributed by atoms with Crippen molar-refractivity contribution in [3.8, 4) is 0 Å². The average molecular weight is 323 g/mol. The Bertz CT molecular complexity index is 649. The number of pyridine rings is 1. The minimum Gasteiger partial charge on any atom is -0.370 e. The van der Waals surface area contributed by atoms with Crippen LogP contribution in [0, 0.1) is 12.3 Å². The summed E-state index contributed by atoms with van der Waals surface area (Å²) in [6, 6.07) is 11.9. The van der Waals surface area contributed by atoms with Crippen molar-refractivity contribution >= 4 is 11.5 Å². The second-order valence-electron chi connectivity index (χ2n) is 6.28. The van der Waals surface area contributed by atoms with Crippen molar-refractivity contribution < 1.29 is 0 Å². The molecular weight excluding hydrogens is 294 g/mol. The summed E-state index contributed by atoms with van der Waals surface area (Å²) in [6.07, 6.45) is 9.47. The molecule has 0 saturated heterocycles. The molecule has 24 heavy (non-hydrogen) atoms. The van der Waals surface area contributed by atoms with Crippen LogP contribution in [0.3, 0.4) is 0 Å². The number of anilines is 1. The van der Waals surface area contributed by atoms with Crippen LogP contribution < -0.4 is 5.32 Å². The van der Waals surface area contributed by atoms with E-state index in [1.54, 1.807) is 6.20 Å². The summed E-state index contributed by atoms with van der Waals surface area (Å²) in [5.74, 6) is 0.819. The van der Waals surface area contributed by atoms with Crippen LogP contribution in [0.5, 0.6) is 0 Å². The molecule has 0 unspecified atom stereocenters. The van der Waals surface area contributed by atoms with Crippen molar-refractivity contribution in [2.45, 2.75) is 52.4 Å². The van der Waals surface area contributed by atoms with Crippen LogP contribution in [0.25, 0.3) is 0 Å². The molecule has 3 heteroatoms. The van der Waals surface area contributed by atoms with Crippen LogP contribution in [0.4, 0.5) is 5.82 Å². The van der Waals surface area contributed by atoms with Crippen LogP contribution in [0.2, 0.25) is 0 Å². The summed E-state index contributed by atoms with van der Waals surface area (Å²) in [6.45, 7) is 5.20. The topological polar surface area (TPSA) is 48.8 Å². The molecule has 0 aliphatic rings. The lowest BCUT2D eigenvalue weighted by atomic mass is 9.99. The van der Waals surface area contributed by atoms with E-state index in [4.69, 9.17) is 5.41 Å². The lowest BCUT2D eigenvalue weighted by Gasteiger charge is -2.13. The average Bonchev–Trinajstić information content (AvgIpc) is 2.61. The molecule has 2 N–H and O–H groups in total. The van der Waals surface area contributed by atoms with Gasteiger partial charge in [-0.15, -0.1) is 0 Å². The Morgan fingerprint density at radius 3 is 2.46 bits per heavy atom. The molecule has 1 aromatic carbocycles. The molecule has 3 nitrogen and oxygen atoms in total. The van der Waals surface area contributed by atoms with E-state index in [2.05, 4.69) is 17.2 Å². The van der Waals surface area contributed by atoms with Crippen molar-refractivity contribution in [1.82, 2.24) is 4.98 Å². The fraction of sp³-hybridized carbons (Fsp3) is 0.429. The highest BCUT2D eigenvalue weighted by Crippen LogP contribution is 2.19. The van der Waals surface area contributed by atoms with Gasteiger partial charge in [-0.05, 0) is 31.0 Å². The molecule has 0 radical (unpaired) electrons. The van der Waals surface area contributed by atoms with Crippen molar-refractivity contribution in [2.75, 3.05) is 11.9 Å². The first kappa shape index (κ1) is 18.2. The molecule has 0 spiro atoms. The molecular formula is C21H29N3. The number of hydrogen-bond donors (Lipinski definition) is 2. The van der Waals surface area contributed by atoms with Crippen LogP contribution >= 0.6 is 0 Å². The highest BCUT2D eigenvalue weighted by atomic mass is 15.0. The van der Waals surface area contributed by atoms with E-state index in [0.717, 1.165) is 35.5 Å². The van der Waals surface area contributed by atoms with Gasteiger partial charge in [-0.1, -0.05) is 63.3 Å². The minimum absolute atomic E-state index is 0.534. The maximum atomic E-state index is 8.56. The van der Waals surface area contributed by atoms with Crippen molar-refractivity contribution in [2.24, 2.45) is 0 Å². The SMILES string of the molecule is CCCCCCCCNc1ncccc1C(=N)c1ccccc1C. The molecule has 0 saturated carbocycles. The number of benzene rings is 1. The first-order chi connectivity index (χ1) is 11.7. The Morgan fingerprint density at radius 1 is 0.958 bits per heavy atom. The molecule has 0 fully saturated rings. The largest absolute Gasteiger partial charge is 0.370 e. The maximum Gasteiger partial charge on any atom is 0.135 e. The van der Waals surface area contributed by atoms with Gasteiger partial charge in [0.15, 0.2) is 0 Å². The maximum absolute atomic E-state index is 8.56. The third-order valence-electron chi connectivity index (χ3n) is 4.31. The molecule has 1 heterocycles. The van der Waals surface area contributed by atoms with Gasteiger partial charge in [0.25, 0.3) is 0 Å². The van der Waals surface area contributed by atoms with E-state index in [-0.39, 0.29) is 0 Å². The van der Waals surface area contributed by atoms with Gasteiger partial charge in [0.2, 0.25) is 0 Å². The lowest BCUT2D eigenvalue weighted by molar-refractivity contribution is 0.617. The number of aromatic nitrogens is 1. The highest BCUT2D eigenvalue weighted by molar-refractivity contribution is 6.14. The molecule has 2 rings (SSSR count). The molecule has 0 atom stereocenters. The third kappa shape index (κ3) is 5.19. The van der Waals surface area contributed by atoms with Gasteiger partial charge in [-0.25, -0.2) is 4.98 Å². The molecule has 0 bridgehead atoms. The van der Waals surface area contributed by atoms with E-state index in [0.29, 0.717) is 5.71 Å². The first-order valence-electron chi connectivity index (χ1n) is 9.08. The van der Waals surface area contributed by atoms with Gasteiger partial charge in [-0.2, -0.15) is 0 Å². The zero-order valence-electron chi connectivity index (χ0n) is 14.9. The van der Waals surface area contributed by atoms with E-state index in [1.807, 2.05) is 43.3 Å². The first-order valence-corrected chi connectivity index (χ1v) is 9.08. The molecule has 0 aliphatic heterocycles. The van der Waals surface area contributed by atoms with Crippen LogP contribution in [-0.2, 0) is 0 Å². The van der Waals surface area contributed by atoms with Crippen LogP contribution in [0.1, 0.15) is 62.1 Å². The second kappa shape index (κ2) is 9.86. The zero-order valence-corrected chi connectivity index (χ0v) is 14.9. The standard InChI is InChI=1S/C21H29N3/c1-3-4-5-6-7-10-15-23-21-19(14-11-16-24-21)20(22)18-13-9-8-12-17(18)2/h8-9,11-14,16,22H,3-7,10,15H2,1-2H3,(H,23,24). The fourth-order valence-electron chi connectivity index (χ4n) is 2.86. The van der Waals surface area contributed by atoms with Crippen molar-refractivity contribution in [1.29, 1.82) is 5.41 Å². The van der Waals surface area contributed by atoms with Gasteiger partial charge in [-0.3, -0.25) is 5.41 Å². The summed E-state index contributed by atoms with van der Waals surface area (Å²) < 4.78 is 0. The van der Waals surface area contributed by atoms with Crippen LogP contribution in [-0.4, -0.2) is 17.2 Å². The Kier molecular flexibility index (Phi) is 7.47. The normalized spacial score (nSPS) is 10.6. The Morgan fingerprint density at radius 2 is 1.67 bits per heavy atom. The highest BCUT2D eigenvalue weighted by Gasteiger charge is 2.12. The molecule has 1 aromatic heterocycles. The fourth-order valence-corrected chi connectivity index (χ4v) is 2.86. The van der Waals surface area contributed by atoms with Gasteiger partial charge in [0.1, 0.15) is 5.82 Å². The predicted molar refractivity (Wildman–Crippen MR) is 103 cm³/mol. The number of nitrogens with zero attached hydrogens (tertiary/aromatic N) is 1. The smallest absolute Gasteiger partial charge is 0.135 e. The number of aryl methyl sites for hydroxylation is 1. The van der Waals surface area contributed by atoms with E-state index >= 15 is 0 Å². The Labute approximate surface area is 146 Å². The Hall–Kier alpha value is -2.16. The lowest BCUT2D eigenvalue weighted by Crippen LogP contribution is -2.11. The van der Waals surface area contributed by atoms with Gasteiger partial charge < -0.3 is 5.32 Å².